The van der Waals surface area contributed by atoms with Crippen molar-refractivity contribution in [1.82, 2.24) is 25.3 Å². The molecule has 0 radical (unpaired) electrons. The third-order valence-corrected chi connectivity index (χ3v) is 7.28. The lowest BCUT2D eigenvalue weighted by Gasteiger charge is -2.33. The van der Waals surface area contributed by atoms with E-state index < -0.39 is 10.8 Å². The van der Waals surface area contributed by atoms with E-state index in [1.54, 1.807) is 41.4 Å². The van der Waals surface area contributed by atoms with E-state index in [1.165, 1.54) is 0 Å². The van der Waals surface area contributed by atoms with Crippen LogP contribution in [0.25, 0.3) is 22.2 Å². The molecule has 9 heteroatoms. The highest BCUT2D eigenvalue weighted by Crippen LogP contribution is 2.32. The van der Waals surface area contributed by atoms with Gasteiger partial charge in [0, 0.05) is 49.4 Å². The second kappa shape index (κ2) is 9.34. The molecular weight excluding hydrogens is 448 g/mol. The number of amides is 1. The van der Waals surface area contributed by atoms with Gasteiger partial charge in [-0.2, -0.15) is 5.10 Å². The maximum atomic E-state index is 12.9. The maximum Gasteiger partial charge on any atom is 0.252 e. The molecule has 1 saturated heterocycles. The van der Waals surface area contributed by atoms with Crippen LogP contribution in [0.3, 0.4) is 0 Å². The minimum Gasteiger partial charge on any atom is -0.354 e. The highest BCUT2D eigenvalue weighted by molar-refractivity contribution is 7.84. The van der Waals surface area contributed by atoms with E-state index in [9.17, 15) is 9.00 Å². The molecule has 5 rings (SSSR count). The third kappa shape index (κ3) is 4.19. The summed E-state index contributed by atoms with van der Waals surface area (Å²) in [6.07, 6.45) is 4.94. The zero-order valence-electron chi connectivity index (χ0n) is 19.1. The smallest absolute Gasteiger partial charge is 0.252 e. The lowest BCUT2D eigenvalue weighted by molar-refractivity contribution is 0.0928. The van der Waals surface area contributed by atoms with Crippen molar-refractivity contribution < 1.29 is 9.00 Å². The van der Waals surface area contributed by atoms with Gasteiger partial charge in [-0.3, -0.25) is 13.7 Å². The summed E-state index contributed by atoms with van der Waals surface area (Å²) in [6.45, 7) is 1.52. The van der Waals surface area contributed by atoms with Crippen LogP contribution in [0.4, 0.5) is 5.82 Å². The maximum absolute atomic E-state index is 12.9. The second-order valence-electron chi connectivity index (χ2n) is 8.44. The summed E-state index contributed by atoms with van der Waals surface area (Å²) >= 11 is 0. The largest absolute Gasteiger partial charge is 0.354 e. The van der Waals surface area contributed by atoms with Crippen LogP contribution in [-0.2, 0) is 17.8 Å². The van der Waals surface area contributed by atoms with Crippen molar-refractivity contribution in [3.63, 3.8) is 0 Å². The molecule has 8 nitrogen and oxygen atoms in total. The third-order valence-electron chi connectivity index (χ3n) is 6.30. The molecule has 3 heterocycles. The summed E-state index contributed by atoms with van der Waals surface area (Å²) in [5.74, 6) is 0.688. The SMILES string of the molecule is Cn1nccc1-c1nnc(N2CCC(NC(=O)c3ccccc3S(C)=O)CC2)c2ccccc12. The first kappa shape index (κ1) is 22.2. The Kier molecular flexibility index (Phi) is 6.10. The van der Waals surface area contributed by atoms with Gasteiger partial charge >= 0.3 is 0 Å². The molecule has 0 spiro atoms. The zero-order chi connectivity index (χ0) is 23.7. The minimum absolute atomic E-state index is 0.0510. The summed E-state index contributed by atoms with van der Waals surface area (Å²) in [4.78, 5) is 15.7. The van der Waals surface area contributed by atoms with E-state index in [2.05, 4.69) is 37.6 Å². The molecule has 1 unspecified atom stereocenters. The van der Waals surface area contributed by atoms with Crippen molar-refractivity contribution in [2.75, 3.05) is 24.2 Å². The fraction of sp³-hybridized carbons (Fsp3) is 0.280. The Labute approximate surface area is 200 Å². The van der Waals surface area contributed by atoms with Gasteiger partial charge in [-0.25, -0.2) is 0 Å². The predicted octanol–water partition coefficient (Wildman–Crippen LogP) is 3.17. The van der Waals surface area contributed by atoms with E-state index in [0.29, 0.717) is 10.5 Å². The summed E-state index contributed by atoms with van der Waals surface area (Å²) in [5.41, 5.74) is 2.21. The van der Waals surface area contributed by atoms with Gasteiger partial charge in [0.2, 0.25) is 0 Å². The molecule has 1 N–H and O–H groups in total. The van der Waals surface area contributed by atoms with Crippen LogP contribution in [0, 0.1) is 0 Å². The molecule has 2 aromatic heterocycles. The van der Waals surface area contributed by atoms with Gasteiger partial charge in [0.05, 0.1) is 27.0 Å². The number of carbonyl (C=O) groups excluding carboxylic acids is 1. The van der Waals surface area contributed by atoms with Crippen LogP contribution in [0.15, 0.2) is 65.7 Å². The molecule has 1 fully saturated rings. The number of nitrogens with one attached hydrogen (secondary N) is 1. The molecule has 2 aromatic carbocycles. The number of nitrogens with zero attached hydrogens (tertiary/aromatic N) is 5. The number of carbonyl (C=O) groups is 1. The van der Waals surface area contributed by atoms with Crippen molar-refractivity contribution >= 4 is 33.3 Å². The van der Waals surface area contributed by atoms with Crippen LogP contribution in [0.1, 0.15) is 23.2 Å². The average Bonchev–Trinajstić information content (AvgIpc) is 3.29. The van der Waals surface area contributed by atoms with Crippen LogP contribution in [0.5, 0.6) is 0 Å². The van der Waals surface area contributed by atoms with E-state index in [0.717, 1.165) is 53.9 Å². The standard InChI is InChI=1S/C25H26N6O2S/c1-30-21(11-14-26-30)23-18-7-3-4-8-19(18)24(29-28-23)31-15-12-17(13-16-31)27-25(32)20-9-5-6-10-22(20)34(2)33/h3-11,14,17H,12-13,15-16H2,1-2H3,(H,27,32). The van der Waals surface area contributed by atoms with Gasteiger partial charge < -0.3 is 10.2 Å². The number of aromatic nitrogens is 4. The number of anilines is 1. The first-order chi connectivity index (χ1) is 16.5. The molecule has 1 aliphatic rings. The Balaban J connectivity index is 1.33. The molecule has 0 saturated carbocycles. The van der Waals surface area contributed by atoms with Gasteiger partial charge in [-0.05, 0) is 31.0 Å². The van der Waals surface area contributed by atoms with E-state index in [1.807, 2.05) is 25.2 Å². The number of piperidine rings is 1. The van der Waals surface area contributed by atoms with Crippen LogP contribution < -0.4 is 10.2 Å². The summed E-state index contributed by atoms with van der Waals surface area (Å²) in [7, 11) is 0.682. The molecule has 1 aliphatic heterocycles. The Hall–Kier alpha value is -3.59. The first-order valence-electron chi connectivity index (χ1n) is 11.2. The van der Waals surface area contributed by atoms with Gasteiger partial charge in [-0.15, -0.1) is 10.2 Å². The van der Waals surface area contributed by atoms with Crippen LogP contribution in [-0.4, -0.2) is 55.5 Å². The average molecular weight is 475 g/mol. The highest BCUT2D eigenvalue weighted by Gasteiger charge is 2.25. The fourth-order valence-electron chi connectivity index (χ4n) is 4.52. The number of rotatable bonds is 5. The van der Waals surface area contributed by atoms with Gasteiger partial charge in [0.1, 0.15) is 5.69 Å². The summed E-state index contributed by atoms with van der Waals surface area (Å²) in [6, 6.07) is 17.2. The summed E-state index contributed by atoms with van der Waals surface area (Å²) < 4.78 is 13.8. The summed E-state index contributed by atoms with van der Waals surface area (Å²) in [5, 5.41) is 18.7. The zero-order valence-corrected chi connectivity index (χ0v) is 20.0. The van der Waals surface area contributed by atoms with Crippen molar-refractivity contribution in [3.05, 3.63) is 66.4 Å². The van der Waals surface area contributed by atoms with Crippen molar-refractivity contribution in [3.8, 4) is 11.4 Å². The molecule has 4 aromatic rings. The quantitative estimate of drug-likeness (QED) is 0.478. The monoisotopic (exact) mass is 474 g/mol. The molecule has 1 atom stereocenters. The Bertz CT molecular complexity index is 1380. The van der Waals surface area contributed by atoms with Crippen LogP contribution in [0.2, 0.25) is 0 Å². The van der Waals surface area contributed by atoms with Gasteiger partial charge in [0.25, 0.3) is 5.91 Å². The van der Waals surface area contributed by atoms with Crippen molar-refractivity contribution in [1.29, 1.82) is 0 Å². The number of benzene rings is 2. The lowest BCUT2D eigenvalue weighted by atomic mass is 10.0. The van der Waals surface area contributed by atoms with Gasteiger partial charge in [-0.1, -0.05) is 36.4 Å². The molecule has 34 heavy (non-hydrogen) atoms. The van der Waals surface area contributed by atoms with E-state index in [-0.39, 0.29) is 11.9 Å². The van der Waals surface area contributed by atoms with E-state index >= 15 is 0 Å². The molecule has 0 aliphatic carbocycles. The normalized spacial score (nSPS) is 15.4. The fourth-order valence-corrected chi connectivity index (χ4v) is 5.26. The molecule has 174 valence electrons. The number of aryl methyl sites for hydroxylation is 1. The molecular formula is C25H26N6O2S. The molecule has 1 amide bonds. The highest BCUT2D eigenvalue weighted by atomic mass is 32.2. The molecule has 0 bridgehead atoms. The van der Waals surface area contributed by atoms with Crippen molar-refractivity contribution in [2.45, 2.75) is 23.8 Å². The Morgan fingerprint density at radius 1 is 1.00 bits per heavy atom. The second-order valence-corrected chi connectivity index (χ2v) is 9.79. The van der Waals surface area contributed by atoms with E-state index in [4.69, 9.17) is 0 Å². The Morgan fingerprint density at radius 3 is 2.41 bits per heavy atom. The van der Waals surface area contributed by atoms with Crippen LogP contribution >= 0.6 is 0 Å². The predicted molar refractivity (Wildman–Crippen MR) is 133 cm³/mol. The Morgan fingerprint density at radius 2 is 1.71 bits per heavy atom. The minimum atomic E-state index is -1.22. The number of fused-ring (bicyclic) bond motifs is 1. The number of hydrogen-bond donors (Lipinski definition) is 1. The first-order valence-corrected chi connectivity index (χ1v) is 12.8. The van der Waals surface area contributed by atoms with Crippen molar-refractivity contribution in [2.24, 2.45) is 7.05 Å². The lowest BCUT2D eigenvalue weighted by Crippen LogP contribution is -2.45. The topological polar surface area (TPSA) is 93.0 Å². The van der Waals surface area contributed by atoms with Gasteiger partial charge in [0.15, 0.2) is 5.82 Å². The number of hydrogen-bond acceptors (Lipinski definition) is 6.